The summed E-state index contributed by atoms with van der Waals surface area (Å²) in [5.74, 6) is -0.0516. The van der Waals surface area contributed by atoms with Crippen LogP contribution in [0.3, 0.4) is 0 Å². The number of urea groups is 1. The molecular formula is C12H14Cl2N2O4S. The third-order valence-electron chi connectivity index (χ3n) is 2.08. The maximum atomic E-state index is 12.2. The Morgan fingerprint density at radius 3 is 2.52 bits per heavy atom. The van der Waals surface area contributed by atoms with Gasteiger partial charge in [0.1, 0.15) is 10.6 Å². The SMILES string of the molecule is CC(C)NC(=O)NS(=O)(=O)c1ccccc1O/C(Cl)=C/Cl. The molecule has 1 aromatic rings. The Balaban J connectivity index is 3.06. The third-order valence-corrected chi connectivity index (χ3v) is 3.95. The van der Waals surface area contributed by atoms with Crippen LogP contribution in [-0.2, 0) is 10.0 Å². The topological polar surface area (TPSA) is 84.5 Å². The van der Waals surface area contributed by atoms with Crippen molar-refractivity contribution in [3.63, 3.8) is 0 Å². The summed E-state index contributed by atoms with van der Waals surface area (Å²) < 4.78 is 31.3. The second-order valence-corrected chi connectivity index (χ2v) is 6.44. The normalized spacial score (nSPS) is 12.1. The first-order chi connectivity index (χ1) is 9.76. The van der Waals surface area contributed by atoms with Crippen LogP contribution in [0.25, 0.3) is 0 Å². The Kier molecular flexibility index (Phi) is 6.32. The highest BCUT2D eigenvalue weighted by molar-refractivity contribution is 7.90. The molecule has 0 radical (unpaired) electrons. The Morgan fingerprint density at radius 2 is 1.95 bits per heavy atom. The monoisotopic (exact) mass is 352 g/mol. The highest BCUT2D eigenvalue weighted by Gasteiger charge is 2.22. The van der Waals surface area contributed by atoms with Crippen molar-refractivity contribution in [3.8, 4) is 5.75 Å². The fourth-order valence-electron chi connectivity index (χ4n) is 1.35. The molecule has 6 nitrogen and oxygen atoms in total. The maximum absolute atomic E-state index is 12.2. The molecule has 0 unspecified atom stereocenters. The van der Waals surface area contributed by atoms with Gasteiger partial charge in [-0.2, -0.15) is 0 Å². The predicted molar refractivity (Wildman–Crippen MR) is 80.8 cm³/mol. The van der Waals surface area contributed by atoms with E-state index in [1.807, 2.05) is 4.72 Å². The largest absolute Gasteiger partial charge is 0.443 e. The number of rotatable bonds is 5. The molecule has 0 aromatic heterocycles. The van der Waals surface area contributed by atoms with Gasteiger partial charge in [0.05, 0.1) is 5.54 Å². The molecule has 2 N–H and O–H groups in total. The number of hydrogen-bond donors (Lipinski definition) is 2. The molecule has 0 aliphatic rings. The first-order valence-corrected chi connectivity index (χ1v) is 8.12. The van der Waals surface area contributed by atoms with Gasteiger partial charge in [-0.15, -0.1) is 0 Å². The van der Waals surface area contributed by atoms with Gasteiger partial charge in [0.15, 0.2) is 0 Å². The van der Waals surface area contributed by atoms with Crippen LogP contribution < -0.4 is 14.8 Å². The van der Waals surface area contributed by atoms with E-state index in [9.17, 15) is 13.2 Å². The summed E-state index contributed by atoms with van der Waals surface area (Å²) in [5, 5.41) is 2.21. The first kappa shape index (κ1) is 17.6. The molecule has 9 heteroatoms. The molecular weight excluding hydrogens is 339 g/mol. The quantitative estimate of drug-likeness (QED) is 0.798. The van der Waals surface area contributed by atoms with Gasteiger partial charge in [0.25, 0.3) is 10.0 Å². The summed E-state index contributed by atoms with van der Waals surface area (Å²) in [4.78, 5) is 11.3. The second-order valence-electron chi connectivity index (χ2n) is 4.20. The van der Waals surface area contributed by atoms with E-state index in [0.717, 1.165) is 5.54 Å². The minimum atomic E-state index is -4.11. The summed E-state index contributed by atoms with van der Waals surface area (Å²) in [7, 11) is -4.11. The highest BCUT2D eigenvalue weighted by atomic mass is 35.5. The van der Waals surface area contributed by atoms with Crippen molar-refractivity contribution in [2.45, 2.75) is 24.8 Å². The number of hydrogen-bond acceptors (Lipinski definition) is 4. The van der Waals surface area contributed by atoms with Crippen LogP contribution in [-0.4, -0.2) is 20.5 Å². The van der Waals surface area contributed by atoms with Crippen molar-refractivity contribution in [2.75, 3.05) is 0 Å². The van der Waals surface area contributed by atoms with Crippen molar-refractivity contribution < 1.29 is 17.9 Å². The number of halogens is 2. The average Bonchev–Trinajstić information content (AvgIpc) is 2.37. The summed E-state index contributed by atoms with van der Waals surface area (Å²) in [6.45, 7) is 3.41. The Labute approximate surface area is 133 Å². The molecule has 1 aromatic carbocycles. The van der Waals surface area contributed by atoms with E-state index in [2.05, 4.69) is 5.32 Å². The standard InChI is InChI=1S/C12H14Cl2N2O4S/c1-8(2)15-12(17)16-21(18,19)10-6-4-3-5-9(10)20-11(14)7-13/h3-8H,1-2H3,(H2,15,16,17)/b11-7+. The Bertz CT molecular complexity index is 644. The van der Waals surface area contributed by atoms with Gasteiger partial charge in [-0.05, 0) is 37.6 Å². The van der Waals surface area contributed by atoms with Gasteiger partial charge in [0.2, 0.25) is 5.22 Å². The molecule has 0 saturated heterocycles. The summed E-state index contributed by atoms with van der Waals surface area (Å²) in [6, 6.07) is 4.66. The van der Waals surface area contributed by atoms with E-state index in [1.165, 1.54) is 18.2 Å². The van der Waals surface area contributed by atoms with Crippen LogP contribution in [0.5, 0.6) is 5.75 Å². The van der Waals surface area contributed by atoms with E-state index in [4.69, 9.17) is 27.9 Å². The molecule has 0 aliphatic carbocycles. The summed E-state index contributed by atoms with van der Waals surface area (Å²) >= 11 is 11.0. The number of amides is 2. The van der Waals surface area contributed by atoms with E-state index >= 15 is 0 Å². The molecule has 0 bridgehead atoms. The van der Waals surface area contributed by atoms with E-state index in [1.54, 1.807) is 19.9 Å². The van der Waals surface area contributed by atoms with Crippen molar-refractivity contribution in [3.05, 3.63) is 35.0 Å². The fourth-order valence-corrected chi connectivity index (χ4v) is 2.53. The van der Waals surface area contributed by atoms with Crippen molar-refractivity contribution in [1.29, 1.82) is 0 Å². The van der Waals surface area contributed by atoms with Crippen LogP contribution in [0.2, 0.25) is 0 Å². The first-order valence-electron chi connectivity index (χ1n) is 5.82. The lowest BCUT2D eigenvalue weighted by molar-refractivity contribution is 0.243. The number of carbonyl (C=O) groups is 1. The Hall–Kier alpha value is -1.44. The zero-order valence-corrected chi connectivity index (χ0v) is 13.6. The molecule has 21 heavy (non-hydrogen) atoms. The summed E-state index contributed by atoms with van der Waals surface area (Å²) in [5.41, 5.74) is 0.948. The minimum Gasteiger partial charge on any atom is -0.443 e. The van der Waals surface area contributed by atoms with Crippen LogP contribution in [0.4, 0.5) is 4.79 Å². The van der Waals surface area contributed by atoms with Gasteiger partial charge in [-0.1, -0.05) is 23.7 Å². The van der Waals surface area contributed by atoms with Crippen molar-refractivity contribution in [2.24, 2.45) is 0 Å². The number of sulfonamides is 1. The van der Waals surface area contributed by atoms with Crippen molar-refractivity contribution in [1.82, 2.24) is 10.0 Å². The molecule has 0 aliphatic heterocycles. The molecule has 0 saturated carbocycles. The van der Waals surface area contributed by atoms with E-state index in [0.29, 0.717) is 0 Å². The van der Waals surface area contributed by atoms with Gasteiger partial charge < -0.3 is 10.1 Å². The predicted octanol–water partition coefficient (Wildman–Crippen LogP) is 2.74. The lowest BCUT2D eigenvalue weighted by Gasteiger charge is -2.13. The molecule has 2 amide bonds. The molecule has 0 spiro atoms. The number of carbonyl (C=O) groups excluding carboxylic acids is 1. The molecule has 116 valence electrons. The third kappa shape index (κ3) is 5.45. The number of nitrogens with one attached hydrogen (secondary N) is 2. The maximum Gasteiger partial charge on any atom is 0.328 e. The molecule has 0 heterocycles. The summed E-state index contributed by atoms with van der Waals surface area (Å²) in [6.07, 6.45) is 0. The second kappa shape index (κ2) is 7.53. The minimum absolute atomic E-state index is 0.0516. The smallest absolute Gasteiger partial charge is 0.328 e. The molecule has 1 rings (SSSR count). The van der Waals surface area contributed by atoms with E-state index < -0.39 is 16.1 Å². The lowest BCUT2D eigenvalue weighted by Crippen LogP contribution is -2.42. The average molecular weight is 353 g/mol. The van der Waals surface area contributed by atoms with Crippen LogP contribution in [0.15, 0.2) is 39.9 Å². The van der Waals surface area contributed by atoms with Gasteiger partial charge >= 0.3 is 6.03 Å². The van der Waals surface area contributed by atoms with Gasteiger partial charge in [-0.3, -0.25) is 0 Å². The Morgan fingerprint density at radius 1 is 1.33 bits per heavy atom. The molecule has 0 atom stereocenters. The highest BCUT2D eigenvalue weighted by Crippen LogP contribution is 2.26. The zero-order chi connectivity index (χ0) is 16.0. The van der Waals surface area contributed by atoms with E-state index in [-0.39, 0.29) is 21.9 Å². The number of para-hydroxylation sites is 1. The van der Waals surface area contributed by atoms with Crippen LogP contribution in [0.1, 0.15) is 13.8 Å². The fraction of sp³-hybridized carbons (Fsp3) is 0.250. The lowest BCUT2D eigenvalue weighted by atomic mass is 10.3. The molecule has 0 fully saturated rings. The van der Waals surface area contributed by atoms with Gasteiger partial charge in [-0.25, -0.2) is 17.9 Å². The van der Waals surface area contributed by atoms with Crippen LogP contribution in [0, 0.1) is 0 Å². The van der Waals surface area contributed by atoms with Gasteiger partial charge in [0, 0.05) is 6.04 Å². The van der Waals surface area contributed by atoms with Crippen LogP contribution >= 0.6 is 23.2 Å². The number of ether oxygens (including phenoxy) is 1. The van der Waals surface area contributed by atoms with Crippen molar-refractivity contribution >= 4 is 39.3 Å². The number of benzene rings is 1. The zero-order valence-electron chi connectivity index (χ0n) is 11.3.